The molecule has 6 aliphatic rings. The summed E-state index contributed by atoms with van der Waals surface area (Å²) in [6.07, 6.45) is 13.7. The molecule has 206 valence electrons. The molecule has 4 amide bonds. The van der Waals surface area contributed by atoms with E-state index in [2.05, 4.69) is 34.3 Å². The molecular formula is C34H26N4O4. The molecule has 9 rings (SSSR count). The summed E-state index contributed by atoms with van der Waals surface area (Å²) in [5, 5.41) is 0. The monoisotopic (exact) mass is 554 g/mol. The lowest BCUT2D eigenvalue weighted by molar-refractivity contribution is -0.124. The third-order valence-electron chi connectivity index (χ3n) is 10.4. The van der Waals surface area contributed by atoms with Crippen molar-refractivity contribution in [1.29, 1.82) is 0 Å². The topological polar surface area (TPSA) is 101 Å². The van der Waals surface area contributed by atoms with E-state index in [1.165, 1.54) is 9.80 Å². The van der Waals surface area contributed by atoms with Crippen LogP contribution in [0.4, 0.5) is 11.4 Å². The molecule has 3 aromatic rings. The number of hydrogen-bond donors (Lipinski definition) is 0. The second kappa shape index (κ2) is 8.41. The Morgan fingerprint density at radius 1 is 0.476 bits per heavy atom. The first kappa shape index (κ1) is 23.9. The molecular weight excluding hydrogens is 528 g/mol. The quantitative estimate of drug-likeness (QED) is 0.349. The van der Waals surface area contributed by atoms with Gasteiger partial charge in [0.1, 0.15) is 0 Å². The van der Waals surface area contributed by atoms with Crippen LogP contribution in [0.1, 0.15) is 12.8 Å². The summed E-state index contributed by atoms with van der Waals surface area (Å²) in [5.74, 6) is 0.0362. The minimum atomic E-state index is -0.222. The molecule has 0 N–H and O–H groups in total. The van der Waals surface area contributed by atoms with E-state index >= 15 is 0 Å². The van der Waals surface area contributed by atoms with Gasteiger partial charge in [0.25, 0.3) is 0 Å². The van der Waals surface area contributed by atoms with Crippen LogP contribution >= 0.6 is 0 Å². The first-order valence-corrected chi connectivity index (χ1v) is 14.6. The molecule has 2 aromatic carbocycles. The summed E-state index contributed by atoms with van der Waals surface area (Å²) >= 11 is 0. The van der Waals surface area contributed by atoms with Gasteiger partial charge in [-0.15, -0.1) is 0 Å². The molecule has 8 heteroatoms. The van der Waals surface area contributed by atoms with Crippen molar-refractivity contribution in [2.24, 2.45) is 47.3 Å². The molecule has 0 radical (unpaired) electrons. The molecule has 3 heterocycles. The van der Waals surface area contributed by atoms with E-state index in [1.54, 1.807) is 24.5 Å². The zero-order valence-electron chi connectivity index (χ0n) is 22.5. The van der Waals surface area contributed by atoms with Crippen molar-refractivity contribution in [3.63, 3.8) is 0 Å². The van der Waals surface area contributed by atoms with Crippen molar-refractivity contribution >= 4 is 35.0 Å². The second-order valence-electron chi connectivity index (χ2n) is 12.4. The van der Waals surface area contributed by atoms with Crippen LogP contribution in [0.3, 0.4) is 0 Å². The van der Waals surface area contributed by atoms with Crippen LogP contribution in [0.25, 0.3) is 22.5 Å². The molecule has 2 saturated carbocycles. The fraction of sp³-hybridized carbons (Fsp3) is 0.294. The molecule has 4 fully saturated rings. The summed E-state index contributed by atoms with van der Waals surface area (Å²) in [5.41, 5.74) is 3.65. The molecule has 2 aliphatic heterocycles. The average Bonchev–Trinajstić information content (AvgIpc) is 3.87. The molecule has 42 heavy (non-hydrogen) atoms. The lowest BCUT2D eigenvalue weighted by atomic mass is 9.85. The average molecular weight is 555 g/mol. The van der Waals surface area contributed by atoms with E-state index in [9.17, 15) is 19.2 Å². The number of imide groups is 2. The Bertz CT molecular complexity index is 1570. The van der Waals surface area contributed by atoms with Gasteiger partial charge in [0.2, 0.25) is 23.6 Å². The highest BCUT2D eigenvalue weighted by Gasteiger charge is 2.60. The SMILES string of the molecule is O=C1[C@@H]2[C@@H](C(=O)N1c1ccc(-c3ncc(-c4ccc(N5C(=O)[C@@H]6[C@H](C5=O)[C@H]5C=C[C@H]6C5)cc4)cn3)cc1)[C@H]1C=C[C@H]2C1. The molecule has 1 aromatic heterocycles. The van der Waals surface area contributed by atoms with E-state index in [0.29, 0.717) is 17.2 Å². The van der Waals surface area contributed by atoms with Gasteiger partial charge in [0.05, 0.1) is 35.0 Å². The highest BCUT2D eigenvalue weighted by Crippen LogP contribution is 2.54. The third-order valence-corrected chi connectivity index (χ3v) is 10.4. The molecule has 0 spiro atoms. The van der Waals surface area contributed by atoms with Gasteiger partial charge in [0.15, 0.2) is 5.82 Å². The van der Waals surface area contributed by atoms with E-state index in [0.717, 1.165) is 29.5 Å². The third kappa shape index (κ3) is 3.12. The van der Waals surface area contributed by atoms with Gasteiger partial charge in [-0.05, 0) is 78.5 Å². The summed E-state index contributed by atoms with van der Waals surface area (Å²) < 4.78 is 0. The maximum Gasteiger partial charge on any atom is 0.238 e. The van der Waals surface area contributed by atoms with Crippen molar-refractivity contribution in [1.82, 2.24) is 9.97 Å². The number of anilines is 2. The number of nitrogens with zero attached hydrogens (tertiary/aromatic N) is 4. The molecule has 4 bridgehead atoms. The van der Waals surface area contributed by atoms with Gasteiger partial charge < -0.3 is 0 Å². The Hall–Kier alpha value is -4.72. The molecule has 0 unspecified atom stereocenters. The summed E-state index contributed by atoms with van der Waals surface area (Å²) in [6, 6.07) is 14.6. The van der Waals surface area contributed by atoms with Crippen LogP contribution in [0, 0.1) is 47.3 Å². The highest BCUT2D eigenvalue weighted by molar-refractivity contribution is 6.23. The minimum Gasteiger partial charge on any atom is -0.274 e. The van der Waals surface area contributed by atoms with Crippen LogP contribution in [-0.2, 0) is 19.2 Å². The zero-order chi connectivity index (χ0) is 28.3. The maximum absolute atomic E-state index is 13.1. The predicted octanol–water partition coefficient (Wildman–Crippen LogP) is 4.43. The standard InChI is InChI=1S/C34H26N4O4/c39-31-26-19-1-2-20(13-19)27(26)32(40)37(31)24-9-5-17(6-10-24)23-15-35-30(36-16-23)18-7-11-25(12-8-18)38-33(41)28-21-3-4-22(14-21)29(28)34(38)42/h1-12,15-16,19-22,26-29H,13-14H2/t19-,20-,21-,22-,26-,27+,28-,29-/m0/s1. The van der Waals surface area contributed by atoms with Crippen molar-refractivity contribution in [2.45, 2.75) is 12.8 Å². The lowest BCUT2D eigenvalue weighted by Crippen LogP contribution is -2.32. The summed E-state index contributed by atoms with van der Waals surface area (Å²) in [7, 11) is 0. The summed E-state index contributed by atoms with van der Waals surface area (Å²) in [4.78, 5) is 64.3. The predicted molar refractivity (Wildman–Crippen MR) is 153 cm³/mol. The first-order valence-electron chi connectivity index (χ1n) is 14.6. The zero-order valence-corrected chi connectivity index (χ0v) is 22.5. The molecule has 2 saturated heterocycles. The smallest absolute Gasteiger partial charge is 0.238 e. The first-order chi connectivity index (χ1) is 20.5. The number of rotatable bonds is 4. The molecule has 8 nitrogen and oxygen atoms in total. The van der Waals surface area contributed by atoms with Crippen molar-refractivity contribution in [3.8, 4) is 22.5 Å². The number of fused-ring (bicyclic) bond motifs is 10. The normalized spacial score (nSPS) is 33.4. The molecule has 4 aliphatic carbocycles. The van der Waals surface area contributed by atoms with Crippen LogP contribution in [0.15, 0.2) is 85.2 Å². The van der Waals surface area contributed by atoms with E-state index in [4.69, 9.17) is 0 Å². The lowest BCUT2D eigenvalue weighted by Gasteiger charge is -2.18. The van der Waals surface area contributed by atoms with Crippen molar-refractivity contribution in [2.75, 3.05) is 9.80 Å². The van der Waals surface area contributed by atoms with Gasteiger partial charge in [-0.25, -0.2) is 9.97 Å². The number of hydrogen-bond acceptors (Lipinski definition) is 6. The number of amides is 4. The Morgan fingerprint density at radius 3 is 1.21 bits per heavy atom. The highest BCUT2D eigenvalue weighted by atomic mass is 16.2. The number of benzene rings is 2. The minimum absolute atomic E-state index is 0.0845. The van der Waals surface area contributed by atoms with E-state index in [-0.39, 0.29) is 71.0 Å². The number of aromatic nitrogens is 2. The molecule has 8 atom stereocenters. The van der Waals surface area contributed by atoms with Crippen LogP contribution in [0.2, 0.25) is 0 Å². The van der Waals surface area contributed by atoms with Gasteiger partial charge in [-0.2, -0.15) is 0 Å². The Balaban J connectivity index is 0.912. The number of carbonyl (C=O) groups is 4. The van der Waals surface area contributed by atoms with Gasteiger partial charge in [0, 0.05) is 23.5 Å². The Kier molecular flexibility index (Phi) is 4.79. The fourth-order valence-corrected chi connectivity index (χ4v) is 8.50. The summed E-state index contributed by atoms with van der Waals surface area (Å²) in [6.45, 7) is 0. The van der Waals surface area contributed by atoms with Crippen LogP contribution in [-0.4, -0.2) is 33.6 Å². The Morgan fingerprint density at radius 2 is 0.833 bits per heavy atom. The van der Waals surface area contributed by atoms with Gasteiger partial charge in [-0.1, -0.05) is 36.4 Å². The van der Waals surface area contributed by atoms with Gasteiger partial charge >= 0.3 is 0 Å². The van der Waals surface area contributed by atoms with Crippen LogP contribution in [0.5, 0.6) is 0 Å². The van der Waals surface area contributed by atoms with Gasteiger partial charge in [-0.3, -0.25) is 29.0 Å². The largest absolute Gasteiger partial charge is 0.274 e. The second-order valence-corrected chi connectivity index (χ2v) is 12.4. The maximum atomic E-state index is 13.1. The Labute approximate surface area is 241 Å². The fourth-order valence-electron chi connectivity index (χ4n) is 8.50. The number of allylic oxidation sites excluding steroid dienone is 4. The van der Waals surface area contributed by atoms with E-state index < -0.39 is 0 Å². The number of carbonyl (C=O) groups excluding carboxylic acids is 4. The van der Waals surface area contributed by atoms with Crippen molar-refractivity contribution in [3.05, 3.63) is 85.2 Å². The van der Waals surface area contributed by atoms with E-state index in [1.807, 2.05) is 36.4 Å². The van der Waals surface area contributed by atoms with Crippen molar-refractivity contribution < 1.29 is 19.2 Å². The van der Waals surface area contributed by atoms with Crippen LogP contribution < -0.4 is 9.80 Å².